The molecule has 1 heterocycles. The van der Waals surface area contributed by atoms with Crippen LogP contribution in [0.4, 0.5) is 0 Å². The second kappa shape index (κ2) is 4.26. The minimum absolute atomic E-state index is 0.513. The summed E-state index contributed by atoms with van der Waals surface area (Å²) in [6.07, 6.45) is 3.90. The van der Waals surface area contributed by atoms with E-state index < -0.39 is 0 Å². The van der Waals surface area contributed by atoms with E-state index in [1.54, 1.807) is 4.88 Å². The minimum atomic E-state index is 0.513. The number of hydrogen-bond donors (Lipinski definition) is 1. The van der Waals surface area contributed by atoms with Crippen molar-refractivity contribution in [3.63, 3.8) is 0 Å². The molecule has 2 rings (SSSR count). The molecule has 0 radical (unpaired) electrons. The van der Waals surface area contributed by atoms with Gasteiger partial charge in [0.1, 0.15) is 0 Å². The maximum Gasteiger partial charge on any atom is 0.0133 e. The molecule has 0 amide bonds. The van der Waals surface area contributed by atoms with Gasteiger partial charge >= 0.3 is 0 Å². The van der Waals surface area contributed by atoms with Crippen molar-refractivity contribution in [1.29, 1.82) is 0 Å². The normalized spacial score (nSPS) is 28.7. The zero-order valence-corrected chi connectivity index (χ0v) is 10.7. The largest absolute Gasteiger partial charge is 0.316 e. The molecule has 0 spiro atoms. The maximum absolute atomic E-state index is 3.49. The summed E-state index contributed by atoms with van der Waals surface area (Å²) < 4.78 is 0. The van der Waals surface area contributed by atoms with E-state index in [0.717, 1.165) is 12.0 Å². The first kappa shape index (κ1) is 11.2. The first-order valence-corrected chi connectivity index (χ1v) is 6.87. The van der Waals surface area contributed by atoms with Crippen molar-refractivity contribution in [2.24, 2.45) is 5.41 Å². The summed E-state index contributed by atoms with van der Waals surface area (Å²) in [7, 11) is 2.11. The van der Waals surface area contributed by atoms with Crippen LogP contribution in [-0.2, 0) is 0 Å². The molecule has 0 saturated heterocycles. The van der Waals surface area contributed by atoms with E-state index in [2.05, 4.69) is 43.7 Å². The zero-order valence-electron chi connectivity index (χ0n) is 9.92. The molecule has 15 heavy (non-hydrogen) atoms. The summed E-state index contributed by atoms with van der Waals surface area (Å²) in [6, 6.07) is 5.21. The molecular weight excluding hydrogens is 202 g/mol. The van der Waals surface area contributed by atoms with Gasteiger partial charge in [0.05, 0.1) is 0 Å². The van der Waals surface area contributed by atoms with Gasteiger partial charge in [-0.2, -0.15) is 0 Å². The quantitative estimate of drug-likeness (QED) is 0.822. The van der Waals surface area contributed by atoms with Crippen LogP contribution >= 0.6 is 11.3 Å². The molecule has 1 aliphatic carbocycles. The molecule has 2 heteroatoms. The highest BCUT2D eigenvalue weighted by atomic mass is 32.1. The Morgan fingerprint density at radius 1 is 1.47 bits per heavy atom. The van der Waals surface area contributed by atoms with E-state index in [0.29, 0.717) is 5.41 Å². The van der Waals surface area contributed by atoms with E-state index in [-0.39, 0.29) is 0 Å². The zero-order chi connectivity index (χ0) is 10.9. The second-order valence-corrected chi connectivity index (χ2v) is 5.56. The standard InChI is InChI=1S/C13H21NS/c1-4-13(5-2)10(9-12(13)14-3)11-7-6-8-15-11/h6-8,10,12,14H,4-5,9H2,1-3H3. The molecule has 1 nitrogen and oxygen atoms in total. The monoisotopic (exact) mass is 223 g/mol. The number of nitrogens with one attached hydrogen (secondary N) is 1. The van der Waals surface area contributed by atoms with Crippen molar-refractivity contribution >= 4 is 11.3 Å². The Balaban J connectivity index is 2.22. The van der Waals surface area contributed by atoms with Crippen molar-refractivity contribution in [2.75, 3.05) is 7.05 Å². The number of rotatable bonds is 4. The molecule has 2 unspecified atom stereocenters. The van der Waals surface area contributed by atoms with Gasteiger partial charge in [0.15, 0.2) is 0 Å². The fourth-order valence-electron chi connectivity index (χ4n) is 3.32. The van der Waals surface area contributed by atoms with Gasteiger partial charge in [-0.3, -0.25) is 0 Å². The molecule has 0 aliphatic heterocycles. The minimum Gasteiger partial charge on any atom is -0.316 e. The predicted octanol–water partition coefficient (Wildman–Crippen LogP) is 3.63. The molecule has 1 N–H and O–H groups in total. The Bertz CT molecular complexity index is 300. The predicted molar refractivity (Wildman–Crippen MR) is 67.5 cm³/mol. The Hall–Kier alpha value is -0.340. The SMILES string of the molecule is CCC1(CC)C(NC)CC1c1cccs1. The third-order valence-electron chi connectivity index (χ3n) is 4.41. The average molecular weight is 223 g/mol. The van der Waals surface area contributed by atoms with Gasteiger partial charge in [-0.15, -0.1) is 11.3 Å². The maximum atomic E-state index is 3.49. The van der Waals surface area contributed by atoms with Gasteiger partial charge in [-0.05, 0) is 43.2 Å². The van der Waals surface area contributed by atoms with E-state index in [4.69, 9.17) is 0 Å². The summed E-state index contributed by atoms with van der Waals surface area (Å²) >= 11 is 1.92. The average Bonchev–Trinajstić information content (AvgIpc) is 2.72. The van der Waals surface area contributed by atoms with Crippen LogP contribution in [0.1, 0.15) is 43.9 Å². The Labute approximate surface area is 96.9 Å². The smallest absolute Gasteiger partial charge is 0.0133 e. The fourth-order valence-corrected chi connectivity index (χ4v) is 4.28. The third-order valence-corrected chi connectivity index (χ3v) is 5.40. The number of hydrogen-bond acceptors (Lipinski definition) is 2. The Morgan fingerprint density at radius 2 is 2.20 bits per heavy atom. The fraction of sp³-hybridized carbons (Fsp3) is 0.692. The van der Waals surface area contributed by atoms with Crippen LogP contribution in [-0.4, -0.2) is 13.1 Å². The lowest BCUT2D eigenvalue weighted by atomic mass is 9.53. The van der Waals surface area contributed by atoms with Crippen LogP contribution in [0.2, 0.25) is 0 Å². The van der Waals surface area contributed by atoms with E-state index in [9.17, 15) is 0 Å². The lowest BCUT2D eigenvalue weighted by Gasteiger charge is -2.56. The van der Waals surface area contributed by atoms with Gasteiger partial charge < -0.3 is 5.32 Å². The molecule has 1 aromatic rings. The topological polar surface area (TPSA) is 12.0 Å². The van der Waals surface area contributed by atoms with Crippen molar-refractivity contribution < 1.29 is 0 Å². The highest BCUT2D eigenvalue weighted by molar-refractivity contribution is 7.10. The third kappa shape index (κ3) is 1.55. The summed E-state index contributed by atoms with van der Waals surface area (Å²) in [5.41, 5.74) is 0.513. The molecule has 1 saturated carbocycles. The van der Waals surface area contributed by atoms with Crippen molar-refractivity contribution in [3.05, 3.63) is 22.4 Å². The van der Waals surface area contributed by atoms with E-state index in [1.807, 2.05) is 11.3 Å². The Kier molecular flexibility index (Phi) is 3.17. The van der Waals surface area contributed by atoms with Gasteiger partial charge in [0.2, 0.25) is 0 Å². The summed E-state index contributed by atoms with van der Waals surface area (Å²) in [6.45, 7) is 4.68. The van der Waals surface area contributed by atoms with Crippen LogP contribution in [0.5, 0.6) is 0 Å². The van der Waals surface area contributed by atoms with Crippen molar-refractivity contribution in [2.45, 2.75) is 45.1 Å². The summed E-state index contributed by atoms with van der Waals surface area (Å²) in [4.78, 5) is 1.59. The van der Waals surface area contributed by atoms with Gasteiger partial charge in [0.25, 0.3) is 0 Å². The van der Waals surface area contributed by atoms with Crippen molar-refractivity contribution in [1.82, 2.24) is 5.32 Å². The number of thiophene rings is 1. The molecule has 84 valence electrons. The van der Waals surface area contributed by atoms with Gasteiger partial charge in [-0.25, -0.2) is 0 Å². The molecule has 1 aromatic heterocycles. The van der Waals surface area contributed by atoms with Crippen molar-refractivity contribution in [3.8, 4) is 0 Å². The molecule has 1 fully saturated rings. The Morgan fingerprint density at radius 3 is 2.67 bits per heavy atom. The molecule has 0 aromatic carbocycles. The summed E-state index contributed by atoms with van der Waals surface area (Å²) in [5.74, 6) is 0.796. The van der Waals surface area contributed by atoms with E-state index >= 15 is 0 Å². The molecule has 2 atom stereocenters. The first-order chi connectivity index (χ1) is 7.28. The van der Waals surface area contributed by atoms with Gasteiger partial charge in [-0.1, -0.05) is 19.9 Å². The highest BCUT2D eigenvalue weighted by Gasteiger charge is 2.52. The lowest BCUT2D eigenvalue weighted by Crippen LogP contribution is -2.56. The van der Waals surface area contributed by atoms with Gasteiger partial charge in [0, 0.05) is 16.8 Å². The molecule has 1 aliphatic rings. The first-order valence-electron chi connectivity index (χ1n) is 5.99. The van der Waals surface area contributed by atoms with Crippen LogP contribution in [0.3, 0.4) is 0 Å². The van der Waals surface area contributed by atoms with Crippen LogP contribution in [0, 0.1) is 5.41 Å². The highest BCUT2D eigenvalue weighted by Crippen LogP contribution is 2.57. The molecule has 0 bridgehead atoms. The lowest BCUT2D eigenvalue weighted by molar-refractivity contribution is 0.0264. The molecular formula is C13H21NS. The van der Waals surface area contributed by atoms with E-state index in [1.165, 1.54) is 19.3 Å². The second-order valence-electron chi connectivity index (χ2n) is 4.59. The van der Waals surface area contributed by atoms with Crippen LogP contribution in [0.25, 0.3) is 0 Å². The summed E-state index contributed by atoms with van der Waals surface area (Å²) in [5, 5.41) is 5.70. The van der Waals surface area contributed by atoms with Crippen LogP contribution in [0.15, 0.2) is 17.5 Å². The van der Waals surface area contributed by atoms with Crippen LogP contribution < -0.4 is 5.32 Å².